The molecule has 1 aliphatic rings. The molecular formula is C14H23N5. The van der Waals surface area contributed by atoms with E-state index in [4.69, 9.17) is 5.73 Å². The molecule has 5 heteroatoms. The van der Waals surface area contributed by atoms with Gasteiger partial charge in [-0.25, -0.2) is 4.98 Å². The largest absolute Gasteiger partial charge is 0.369 e. The van der Waals surface area contributed by atoms with Crippen LogP contribution in [0.15, 0.2) is 0 Å². The third-order valence-electron chi connectivity index (χ3n) is 4.00. The molecule has 19 heavy (non-hydrogen) atoms. The smallest absolute Gasteiger partial charge is 0.202 e. The Hall–Kier alpha value is -1.52. The van der Waals surface area contributed by atoms with Gasteiger partial charge in [-0.1, -0.05) is 26.2 Å². The zero-order valence-corrected chi connectivity index (χ0v) is 11.9. The van der Waals surface area contributed by atoms with E-state index in [1.807, 2.05) is 11.7 Å². The van der Waals surface area contributed by atoms with E-state index in [1.165, 1.54) is 25.7 Å². The van der Waals surface area contributed by atoms with Crippen LogP contribution in [0.3, 0.4) is 0 Å². The van der Waals surface area contributed by atoms with Gasteiger partial charge in [0.1, 0.15) is 5.52 Å². The van der Waals surface area contributed by atoms with E-state index in [0.717, 1.165) is 42.2 Å². The highest BCUT2D eigenvalue weighted by Crippen LogP contribution is 2.34. The summed E-state index contributed by atoms with van der Waals surface area (Å²) < 4.78 is 4.06. The molecule has 1 saturated carbocycles. The summed E-state index contributed by atoms with van der Waals surface area (Å²) in [6, 6.07) is 0. The Bertz CT molecular complexity index is 576. The molecule has 3 rings (SSSR count). The highest BCUT2D eigenvalue weighted by Gasteiger charge is 2.21. The van der Waals surface area contributed by atoms with Gasteiger partial charge in [0.2, 0.25) is 5.95 Å². The van der Waals surface area contributed by atoms with Gasteiger partial charge in [-0.2, -0.15) is 5.10 Å². The maximum atomic E-state index is 6.07. The fourth-order valence-corrected chi connectivity index (χ4v) is 2.83. The van der Waals surface area contributed by atoms with Gasteiger partial charge in [0, 0.05) is 13.6 Å². The van der Waals surface area contributed by atoms with Gasteiger partial charge in [0.05, 0.1) is 5.69 Å². The Morgan fingerprint density at radius 1 is 1.37 bits per heavy atom. The molecule has 104 valence electrons. The standard InChI is InChI=1S/C14H23N5/c1-3-5-11-12-13(18(2)17-11)19(14(15)16-12)9-4-6-10-7-8-10/h10H,3-9H2,1-2H3,(H2,15,16). The van der Waals surface area contributed by atoms with Crippen LogP contribution in [0.25, 0.3) is 11.2 Å². The predicted octanol–water partition coefficient (Wildman–Crippen LogP) is 2.49. The summed E-state index contributed by atoms with van der Waals surface area (Å²) in [6.07, 6.45) is 7.40. The fraction of sp³-hybridized carbons (Fsp3) is 0.714. The van der Waals surface area contributed by atoms with Crippen LogP contribution >= 0.6 is 0 Å². The third-order valence-corrected chi connectivity index (χ3v) is 4.00. The number of aryl methyl sites for hydroxylation is 3. The van der Waals surface area contributed by atoms with E-state index in [9.17, 15) is 0 Å². The molecule has 2 aromatic heterocycles. The molecular weight excluding hydrogens is 238 g/mol. The Balaban J connectivity index is 1.86. The van der Waals surface area contributed by atoms with Crippen molar-refractivity contribution in [2.24, 2.45) is 13.0 Å². The lowest BCUT2D eigenvalue weighted by atomic mass is 10.2. The second kappa shape index (κ2) is 4.87. The Labute approximate surface area is 113 Å². The summed E-state index contributed by atoms with van der Waals surface area (Å²) in [4.78, 5) is 4.52. The molecule has 1 fully saturated rings. The average molecular weight is 261 g/mol. The molecule has 0 aromatic carbocycles. The van der Waals surface area contributed by atoms with E-state index < -0.39 is 0 Å². The lowest BCUT2D eigenvalue weighted by Crippen LogP contribution is -2.07. The number of rotatable bonds is 6. The number of aromatic nitrogens is 4. The number of nitrogen functional groups attached to an aromatic ring is 1. The van der Waals surface area contributed by atoms with Crippen LogP contribution in [0, 0.1) is 5.92 Å². The molecule has 0 saturated heterocycles. The summed E-state index contributed by atoms with van der Waals surface area (Å²) in [7, 11) is 1.99. The minimum absolute atomic E-state index is 0.635. The summed E-state index contributed by atoms with van der Waals surface area (Å²) in [5, 5.41) is 4.57. The molecule has 0 atom stereocenters. The minimum Gasteiger partial charge on any atom is -0.369 e. The van der Waals surface area contributed by atoms with Gasteiger partial charge in [-0.05, 0) is 25.2 Å². The third kappa shape index (κ3) is 2.33. The van der Waals surface area contributed by atoms with E-state index in [1.54, 1.807) is 0 Å². The van der Waals surface area contributed by atoms with Gasteiger partial charge < -0.3 is 5.73 Å². The number of hydrogen-bond acceptors (Lipinski definition) is 3. The molecule has 0 amide bonds. The molecule has 0 aliphatic heterocycles. The summed E-state index contributed by atoms with van der Waals surface area (Å²) >= 11 is 0. The van der Waals surface area contributed by atoms with E-state index in [2.05, 4.69) is 21.6 Å². The Morgan fingerprint density at radius 3 is 2.84 bits per heavy atom. The van der Waals surface area contributed by atoms with Crippen molar-refractivity contribution >= 4 is 17.1 Å². The number of hydrogen-bond donors (Lipinski definition) is 1. The first kappa shape index (κ1) is 12.5. The lowest BCUT2D eigenvalue weighted by Gasteiger charge is -2.06. The van der Waals surface area contributed by atoms with E-state index in [-0.39, 0.29) is 0 Å². The second-order valence-corrected chi connectivity index (χ2v) is 5.70. The number of anilines is 1. The molecule has 5 nitrogen and oxygen atoms in total. The van der Waals surface area contributed by atoms with Gasteiger partial charge in [0.25, 0.3) is 0 Å². The number of nitrogens with zero attached hydrogens (tertiary/aromatic N) is 4. The normalized spacial score (nSPS) is 15.5. The van der Waals surface area contributed by atoms with Crippen molar-refractivity contribution in [1.82, 2.24) is 19.3 Å². The zero-order chi connectivity index (χ0) is 13.4. The maximum absolute atomic E-state index is 6.07. The monoisotopic (exact) mass is 261 g/mol. The number of fused-ring (bicyclic) bond motifs is 1. The van der Waals surface area contributed by atoms with E-state index >= 15 is 0 Å². The topological polar surface area (TPSA) is 61.7 Å². The van der Waals surface area contributed by atoms with Crippen LogP contribution < -0.4 is 5.73 Å². The Kier molecular flexibility index (Phi) is 3.21. The first-order valence-corrected chi connectivity index (χ1v) is 7.38. The highest BCUT2D eigenvalue weighted by molar-refractivity contribution is 5.77. The van der Waals surface area contributed by atoms with Crippen molar-refractivity contribution in [3.8, 4) is 0 Å². The van der Waals surface area contributed by atoms with Crippen molar-refractivity contribution in [2.75, 3.05) is 5.73 Å². The van der Waals surface area contributed by atoms with Crippen LogP contribution in [-0.4, -0.2) is 19.3 Å². The van der Waals surface area contributed by atoms with E-state index in [0.29, 0.717) is 5.95 Å². The van der Waals surface area contributed by atoms with Crippen LogP contribution in [-0.2, 0) is 20.0 Å². The molecule has 2 heterocycles. The molecule has 2 N–H and O–H groups in total. The molecule has 0 bridgehead atoms. The molecule has 2 aromatic rings. The summed E-state index contributed by atoms with van der Waals surface area (Å²) in [5.41, 5.74) is 9.23. The van der Waals surface area contributed by atoms with Gasteiger partial charge in [0.15, 0.2) is 5.65 Å². The molecule has 0 radical (unpaired) electrons. The molecule has 1 aliphatic carbocycles. The number of nitrogens with two attached hydrogens (primary N) is 1. The quantitative estimate of drug-likeness (QED) is 0.869. The first-order valence-electron chi connectivity index (χ1n) is 7.38. The van der Waals surface area contributed by atoms with Crippen molar-refractivity contribution in [3.05, 3.63) is 5.69 Å². The predicted molar refractivity (Wildman–Crippen MR) is 76.9 cm³/mol. The highest BCUT2D eigenvalue weighted by atomic mass is 15.3. The van der Waals surface area contributed by atoms with Crippen LogP contribution in [0.2, 0.25) is 0 Å². The molecule has 0 spiro atoms. The number of imidazole rings is 1. The van der Waals surface area contributed by atoms with Gasteiger partial charge >= 0.3 is 0 Å². The van der Waals surface area contributed by atoms with Crippen molar-refractivity contribution in [3.63, 3.8) is 0 Å². The Morgan fingerprint density at radius 2 is 2.16 bits per heavy atom. The zero-order valence-electron chi connectivity index (χ0n) is 11.9. The van der Waals surface area contributed by atoms with Crippen molar-refractivity contribution < 1.29 is 0 Å². The van der Waals surface area contributed by atoms with Crippen LogP contribution in [0.5, 0.6) is 0 Å². The van der Waals surface area contributed by atoms with Crippen molar-refractivity contribution in [1.29, 1.82) is 0 Å². The van der Waals surface area contributed by atoms with Crippen LogP contribution in [0.4, 0.5) is 5.95 Å². The first-order chi connectivity index (χ1) is 9.20. The fourth-order valence-electron chi connectivity index (χ4n) is 2.83. The molecule has 0 unspecified atom stereocenters. The van der Waals surface area contributed by atoms with Crippen LogP contribution in [0.1, 0.15) is 44.7 Å². The minimum atomic E-state index is 0.635. The maximum Gasteiger partial charge on any atom is 0.202 e. The SMILES string of the molecule is CCCc1nn(C)c2c1nc(N)n2CCCC1CC1. The summed E-state index contributed by atoms with van der Waals surface area (Å²) in [5.74, 6) is 1.61. The van der Waals surface area contributed by atoms with Gasteiger partial charge in [-0.3, -0.25) is 9.25 Å². The lowest BCUT2D eigenvalue weighted by molar-refractivity contribution is 0.580. The average Bonchev–Trinajstić information content (AvgIpc) is 3.07. The van der Waals surface area contributed by atoms with Gasteiger partial charge in [-0.15, -0.1) is 0 Å². The summed E-state index contributed by atoms with van der Waals surface area (Å²) in [6.45, 7) is 3.13. The van der Waals surface area contributed by atoms with Crippen molar-refractivity contribution in [2.45, 2.75) is 52.0 Å². The second-order valence-electron chi connectivity index (χ2n) is 5.70.